The van der Waals surface area contributed by atoms with Crippen molar-refractivity contribution in [2.45, 2.75) is 0 Å². The molecule has 0 saturated carbocycles. The molecule has 7 nitrogen and oxygen atoms in total. The summed E-state index contributed by atoms with van der Waals surface area (Å²) in [6.07, 6.45) is 0. The van der Waals surface area contributed by atoms with E-state index in [1.165, 1.54) is 0 Å². The maximum atomic E-state index is 12.2. The van der Waals surface area contributed by atoms with Crippen molar-refractivity contribution >= 4 is 11.9 Å². The molecule has 1 rings (SSSR count). The molecule has 0 saturated heterocycles. The molecule has 1 aromatic rings. The maximum Gasteiger partial charge on any atom is 0.554 e. The number of carboxylic acids is 1. The summed E-state index contributed by atoms with van der Waals surface area (Å²) in [4.78, 5) is 26.6. The Morgan fingerprint density at radius 2 is 1.20 bits per heavy atom. The lowest BCUT2D eigenvalue weighted by molar-refractivity contribution is -0.397. The fourth-order valence-corrected chi connectivity index (χ4v) is 0.671. The SMILES string of the molecule is O=C(O)C(=O)[N+](=O)[O-].Oc1c(F)c(F)c(F)c(F)c1F. The van der Waals surface area contributed by atoms with Gasteiger partial charge in [0.15, 0.2) is 5.75 Å². The van der Waals surface area contributed by atoms with Crippen molar-refractivity contribution < 1.29 is 46.7 Å². The van der Waals surface area contributed by atoms with E-state index < -0.39 is 51.6 Å². The molecule has 0 heterocycles. The quantitative estimate of drug-likeness (QED) is 0.184. The molecule has 12 heteroatoms. The fourth-order valence-electron chi connectivity index (χ4n) is 0.671. The Labute approximate surface area is 105 Å². The summed E-state index contributed by atoms with van der Waals surface area (Å²) in [5.41, 5.74) is 0. The topological polar surface area (TPSA) is 118 Å². The molecule has 20 heavy (non-hydrogen) atoms. The van der Waals surface area contributed by atoms with E-state index >= 15 is 0 Å². The number of rotatable bonds is 0. The van der Waals surface area contributed by atoms with Crippen LogP contribution in [0.2, 0.25) is 0 Å². The first-order valence-corrected chi connectivity index (χ1v) is 4.14. The number of halogens is 5. The smallest absolute Gasteiger partial charge is 0.503 e. The Morgan fingerprint density at radius 1 is 0.900 bits per heavy atom. The average molecular weight is 303 g/mol. The minimum atomic E-state index is -2.29. The van der Waals surface area contributed by atoms with Crippen molar-refractivity contribution in [2.24, 2.45) is 0 Å². The van der Waals surface area contributed by atoms with E-state index in [-0.39, 0.29) is 0 Å². The van der Waals surface area contributed by atoms with Gasteiger partial charge in [-0.1, -0.05) is 0 Å². The van der Waals surface area contributed by atoms with Crippen LogP contribution >= 0.6 is 0 Å². The third kappa shape index (κ3) is 3.60. The lowest BCUT2D eigenvalue weighted by Crippen LogP contribution is -2.21. The summed E-state index contributed by atoms with van der Waals surface area (Å²) in [6, 6.07) is 0. The summed E-state index contributed by atoms with van der Waals surface area (Å²) in [6.45, 7) is 0. The highest BCUT2D eigenvalue weighted by Gasteiger charge is 2.25. The van der Waals surface area contributed by atoms with Crippen LogP contribution < -0.4 is 0 Å². The van der Waals surface area contributed by atoms with Gasteiger partial charge in [-0.2, -0.15) is 8.78 Å². The van der Waals surface area contributed by atoms with Gasteiger partial charge in [0.1, 0.15) is 4.92 Å². The molecule has 0 unspecified atom stereocenters. The zero-order valence-corrected chi connectivity index (χ0v) is 8.86. The van der Waals surface area contributed by atoms with Crippen LogP contribution in [-0.4, -0.2) is 27.0 Å². The van der Waals surface area contributed by atoms with Gasteiger partial charge >= 0.3 is 11.9 Å². The number of amides is 1. The van der Waals surface area contributed by atoms with Crippen LogP contribution in [0.5, 0.6) is 5.75 Å². The van der Waals surface area contributed by atoms with Gasteiger partial charge in [-0.05, 0) is 0 Å². The molecule has 0 aliphatic heterocycles. The minimum Gasteiger partial charge on any atom is -0.503 e. The summed E-state index contributed by atoms with van der Waals surface area (Å²) >= 11 is 0. The monoisotopic (exact) mass is 303 g/mol. The first kappa shape index (κ1) is 17.2. The molecule has 0 aliphatic rings. The molecular weight excluding hydrogens is 301 g/mol. The van der Waals surface area contributed by atoms with Crippen molar-refractivity contribution in [3.05, 3.63) is 39.2 Å². The summed E-state index contributed by atoms with van der Waals surface area (Å²) < 4.78 is 60.6. The molecule has 1 amide bonds. The Hall–Kier alpha value is -2.79. The van der Waals surface area contributed by atoms with Crippen molar-refractivity contribution in [3.63, 3.8) is 0 Å². The predicted molar refractivity (Wildman–Crippen MR) is 47.5 cm³/mol. The predicted octanol–water partition coefficient (Wildman–Crippen LogP) is 0.962. The number of nitrogens with zero attached hydrogens (tertiary/aromatic N) is 1. The number of aromatic hydroxyl groups is 1. The lowest BCUT2D eigenvalue weighted by Gasteiger charge is -2.00. The summed E-state index contributed by atoms with van der Waals surface area (Å²) in [5, 5.41) is 25.1. The summed E-state index contributed by atoms with van der Waals surface area (Å²) in [7, 11) is 0. The van der Waals surface area contributed by atoms with Crippen LogP contribution in [0.25, 0.3) is 0 Å². The highest BCUT2D eigenvalue weighted by Crippen LogP contribution is 2.27. The number of benzene rings is 1. The lowest BCUT2D eigenvalue weighted by atomic mass is 10.3. The van der Waals surface area contributed by atoms with E-state index in [0.29, 0.717) is 0 Å². The van der Waals surface area contributed by atoms with E-state index in [0.717, 1.165) is 0 Å². The molecule has 0 aromatic heterocycles. The molecule has 2 N–H and O–H groups in total. The number of carbonyl (C=O) groups is 2. The molecule has 0 spiro atoms. The second kappa shape index (κ2) is 6.40. The van der Waals surface area contributed by atoms with Gasteiger partial charge in [-0.3, -0.25) is 10.1 Å². The van der Waals surface area contributed by atoms with Gasteiger partial charge in [0.05, 0.1) is 0 Å². The van der Waals surface area contributed by atoms with Crippen LogP contribution in [0.1, 0.15) is 0 Å². The number of carbonyl (C=O) groups excluding carboxylic acids is 1. The third-order valence-electron chi connectivity index (χ3n) is 1.54. The second-order valence-electron chi connectivity index (χ2n) is 2.79. The number of carboxylic acid groups (broad SMARTS) is 1. The number of phenolic OH excluding ortho intramolecular Hbond substituents is 1. The van der Waals surface area contributed by atoms with Gasteiger partial charge in [0, 0.05) is 0 Å². The number of hydrogen-bond donors (Lipinski definition) is 2. The molecule has 0 fully saturated rings. The zero-order chi connectivity index (χ0) is 16.2. The van der Waals surface area contributed by atoms with Gasteiger partial charge in [-0.15, -0.1) is 0 Å². The van der Waals surface area contributed by atoms with Gasteiger partial charge in [0.2, 0.25) is 29.1 Å². The van der Waals surface area contributed by atoms with Gasteiger partial charge in [0.25, 0.3) is 0 Å². The van der Waals surface area contributed by atoms with Crippen LogP contribution in [0, 0.1) is 39.2 Å². The Morgan fingerprint density at radius 3 is 1.40 bits per heavy atom. The summed E-state index contributed by atoms with van der Waals surface area (Å²) in [5.74, 6) is -17.0. The van der Waals surface area contributed by atoms with Crippen LogP contribution in [0.15, 0.2) is 0 Å². The molecule has 0 aliphatic carbocycles. The Bertz CT molecular complexity index is 468. The van der Waals surface area contributed by atoms with Crippen molar-refractivity contribution in [3.8, 4) is 5.75 Å². The second-order valence-corrected chi connectivity index (χ2v) is 2.79. The van der Waals surface area contributed by atoms with E-state index in [9.17, 15) is 41.7 Å². The Balaban J connectivity index is 0.000000396. The molecular formula is C8H2F5NO6. The van der Waals surface area contributed by atoms with Crippen LogP contribution in [-0.2, 0) is 9.59 Å². The normalized spacial score (nSPS) is 9.45. The van der Waals surface area contributed by atoms with E-state index in [4.69, 9.17) is 10.2 Å². The highest BCUT2D eigenvalue weighted by atomic mass is 19.2. The van der Waals surface area contributed by atoms with Crippen molar-refractivity contribution in [1.82, 2.24) is 0 Å². The number of nitro groups is 1. The average Bonchev–Trinajstić information content (AvgIpc) is 2.40. The van der Waals surface area contributed by atoms with Crippen LogP contribution in [0.3, 0.4) is 0 Å². The number of phenols is 1. The minimum absolute atomic E-state index is 1.50. The van der Waals surface area contributed by atoms with Crippen molar-refractivity contribution in [1.29, 1.82) is 0 Å². The maximum absolute atomic E-state index is 12.2. The first-order valence-electron chi connectivity index (χ1n) is 4.14. The van der Waals surface area contributed by atoms with E-state index in [1.54, 1.807) is 0 Å². The molecule has 0 bridgehead atoms. The van der Waals surface area contributed by atoms with Crippen molar-refractivity contribution in [2.75, 3.05) is 0 Å². The third-order valence-corrected chi connectivity index (χ3v) is 1.54. The van der Waals surface area contributed by atoms with Crippen LogP contribution in [0.4, 0.5) is 22.0 Å². The molecule has 0 atom stereocenters. The molecule has 1 aromatic carbocycles. The zero-order valence-electron chi connectivity index (χ0n) is 8.86. The number of aliphatic carboxylic acids is 1. The first-order chi connectivity index (χ1) is 9.02. The highest BCUT2D eigenvalue weighted by molar-refractivity contribution is 6.27. The number of hydrogen-bond acceptors (Lipinski definition) is 5. The molecule has 110 valence electrons. The van der Waals surface area contributed by atoms with E-state index in [1.807, 2.05) is 0 Å². The Kier molecular flexibility index (Phi) is 5.51. The molecule has 0 radical (unpaired) electrons. The largest absolute Gasteiger partial charge is 0.554 e. The van der Waals surface area contributed by atoms with E-state index in [2.05, 4.69) is 0 Å². The fraction of sp³-hybridized carbons (Fsp3) is 0. The van der Waals surface area contributed by atoms with Gasteiger partial charge in [-0.25, -0.2) is 22.8 Å². The van der Waals surface area contributed by atoms with Gasteiger partial charge < -0.3 is 10.2 Å². The standard InChI is InChI=1S/C6HF5O.C2HNO5/c7-1-2(8)4(10)6(12)5(11)3(1)9;4-1(2(5)6)3(7)8/h12H;(H,5,6).